The van der Waals surface area contributed by atoms with E-state index >= 15 is 0 Å². The van der Waals surface area contributed by atoms with Gasteiger partial charge in [0, 0.05) is 11.1 Å². The maximum atomic E-state index is 9.90. The first-order valence-electron chi connectivity index (χ1n) is 5.07. The second kappa shape index (κ2) is 3.91. The summed E-state index contributed by atoms with van der Waals surface area (Å²) in [6.45, 7) is 7.65. The van der Waals surface area contributed by atoms with E-state index in [2.05, 4.69) is 0 Å². The number of rotatable bonds is 2. The van der Waals surface area contributed by atoms with E-state index in [4.69, 9.17) is 0 Å². The molecule has 0 aromatic heterocycles. The predicted octanol–water partition coefficient (Wildman–Crippen LogP) is 2.84. The van der Waals surface area contributed by atoms with Crippen LogP contribution in [0.25, 0.3) is 0 Å². The number of hydrogen-bond donors (Lipinski definition) is 2. The van der Waals surface area contributed by atoms with Crippen molar-refractivity contribution in [1.29, 1.82) is 0 Å². The Morgan fingerprint density at radius 3 is 1.29 bits per heavy atom. The molecule has 78 valence electrons. The average Bonchev–Trinajstić information content (AvgIpc) is 2.20. The molecule has 1 aromatic carbocycles. The largest absolute Gasteiger partial charge is 0.507 e. The van der Waals surface area contributed by atoms with Crippen LogP contribution in [0.1, 0.15) is 36.1 Å². The lowest BCUT2D eigenvalue weighted by Crippen LogP contribution is -1.97. The summed E-state index contributed by atoms with van der Waals surface area (Å²) in [5, 5.41) is 19.8. The molecule has 0 aliphatic carbocycles. The van der Waals surface area contributed by atoms with Crippen molar-refractivity contribution in [3.05, 3.63) is 22.3 Å². The van der Waals surface area contributed by atoms with E-state index in [-0.39, 0.29) is 0 Å². The third-order valence-corrected chi connectivity index (χ3v) is 2.92. The normalized spacial score (nSPS) is 10.6. The molecule has 0 unspecified atom stereocenters. The van der Waals surface area contributed by atoms with Crippen LogP contribution in [-0.4, -0.2) is 10.2 Å². The molecule has 0 saturated heterocycles. The molecular formula is C12H18O2. The van der Waals surface area contributed by atoms with E-state index in [1.54, 1.807) is 0 Å². The highest BCUT2D eigenvalue weighted by molar-refractivity contribution is 5.57. The maximum Gasteiger partial charge on any atom is 0.122 e. The van der Waals surface area contributed by atoms with Gasteiger partial charge in [-0.15, -0.1) is 0 Å². The molecule has 2 heteroatoms. The molecule has 0 bridgehead atoms. The Kier molecular flexibility index (Phi) is 3.04. The first kappa shape index (κ1) is 10.9. The van der Waals surface area contributed by atoms with E-state index < -0.39 is 0 Å². The Hall–Kier alpha value is -1.18. The van der Waals surface area contributed by atoms with Crippen LogP contribution in [-0.2, 0) is 12.8 Å². The Balaban J connectivity index is 3.57. The Bertz CT molecular complexity index is 319. The quantitative estimate of drug-likeness (QED) is 0.711. The van der Waals surface area contributed by atoms with Gasteiger partial charge in [-0.05, 0) is 37.8 Å². The highest BCUT2D eigenvalue weighted by Gasteiger charge is 2.16. The van der Waals surface area contributed by atoms with Gasteiger partial charge in [-0.3, -0.25) is 0 Å². The highest BCUT2D eigenvalue weighted by Crippen LogP contribution is 2.37. The van der Waals surface area contributed by atoms with Gasteiger partial charge in [0.2, 0.25) is 0 Å². The van der Waals surface area contributed by atoms with E-state index in [0.717, 1.165) is 35.1 Å². The molecule has 0 heterocycles. The molecule has 0 atom stereocenters. The molecule has 2 N–H and O–H groups in total. The number of phenols is 2. The zero-order chi connectivity index (χ0) is 10.9. The molecule has 0 fully saturated rings. The molecule has 14 heavy (non-hydrogen) atoms. The van der Waals surface area contributed by atoms with Crippen LogP contribution in [0.4, 0.5) is 0 Å². The lowest BCUT2D eigenvalue weighted by Gasteiger charge is -2.16. The summed E-state index contributed by atoms with van der Waals surface area (Å²) >= 11 is 0. The van der Waals surface area contributed by atoms with Gasteiger partial charge in [0.15, 0.2) is 0 Å². The first-order valence-corrected chi connectivity index (χ1v) is 5.07. The molecule has 2 nitrogen and oxygen atoms in total. The van der Waals surface area contributed by atoms with Crippen LogP contribution in [0.2, 0.25) is 0 Å². The van der Waals surface area contributed by atoms with Gasteiger partial charge >= 0.3 is 0 Å². The fourth-order valence-electron chi connectivity index (χ4n) is 1.86. The number of phenolic OH excluding ortho intramolecular Hbond substituents is 2. The third kappa shape index (κ3) is 1.45. The van der Waals surface area contributed by atoms with Crippen molar-refractivity contribution in [2.75, 3.05) is 0 Å². The number of benzene rings is 1. The molecule has 0 aliphatic heterocycles. The SMILES string of the molecule is CCc1c(O)c(C)c(C)c(O)c1CC. The topological polar surface area (TPSA) is 40.5 Å². The maximum absolute atomic E-state index is 9.90. The fraction of sp³-hybridized carbons (Fsp3) is 0.500. The molecule has 1 aromatic rings. The van der Waals surface area contributed by atoms with Crippen molar-refractivity contribution in [1.82, 2.24) is 0 Å². The monoisotopic (exact) mass is 194 g/mol. The van der Waals surface area contributed by atoms with Crippen LogP contribution in [0, 0.1) is 13.8 Å². The highest BCUT2D eigenvalue weighted by atomic mass is 16.3. The number of aromatic hydroxyl groups is 2. The van der Waals surface area contributed by atoms with Gasteiger partial charge in [-0.25, -0.2) is 0 Å². The van der Waals surface area contributed by atoms with E-state index in [9.17, 15) is 10.2 Å². The minimum absolute atomic E-state index is 0.347. The predicted molar refractivity (Wildman–Crippen MR) is 58.0 cm³/mol. The summed E-state index contributed by atoms with van der Waals surface area (Å²) in [7, 11) is 0. The smallest absolute Gasteiger partial charge is 0.122 e. The van der Waals surface area contributed by atoms with E-state index in [1.807, 2.05) is 27.7 Å². The Labute approximate surface area is 85.2 Å². The molecule has 1 rings (SSSR count). The van der Waals surface area contributed by atoms with Crippen molar-refractivity contribution >= 4 is 0 Å². The van der Waals surface area contributed by atoms with Crippen molar-refractivity contribution < 1.29 is 10.2 Å². The zero-order valence-electron chi connectivity index (χ0n) is 9.31. The molecule has 0 aliphatic rings. The molecule has 0 radical (unpaired) electrons. The molecule has 0 saturated carbocycles. The van der Waals surface area contributed by atoms with E-state index in [1.165, 1.54) is 0 Å². The molecule has 0 amide bonds. The van der Waals surface area contributed by atoms with Gasteiger partial charge in [0.1, 0.15) is 11.5 Å². The van der Waals surface area contributed by atoms with Crippen LogP contribution in [0.15, 0.2) is 0 Å². The van der Waals surface area contributed by atoms with E-state index in [0.29, 0.717) is 11.5 Å². The Morgan fingerprint density at radius 1 is 0.786 bits per heavy atom. The minimum Gasteiger partial charge on any atom is -0.507 e. The first-order chi connectivity index (χ1) is 6.54. The van der Waals surface area contributed by atoms with Crippen LogP contribution < -0.4 is 0 Å². The standard InChI is InChI=1S/C12H18O2/c1-5-9-10(6-2)12(14)8(4)7(3)11(9)13/h13-14H,5-6H2,1-4H3. The van der Waals surface area contributed by atoms with Crippen molar-refractivity contribution in [2.24, 2.45) is 0 Å². The zero-order valence-corrected chi connectivity index (χ0v) is 9.31. The number of hydrogen-bond acceptors (Lipinski definition) is 2. The molecule has 0 spiro atoms. The lowest BCUT2D eigenvalue weighted by atomic mass is 9.94. The summed E-state index contributed by atoms with van der Waals surface area (Å²) < 4.78 is 0. The van der Waals surface area contributed by atoms with Gasteiger partial charge < -0.3 is 10.2 Å². The van der Waals surface area contributed by atoms with Crippen LogP contribution >= 0.6 is 0 Å². The van der Waals surface area contributed by atoms with Crippen LogP contribution in [0.3, 0.4) is 0 Å². The van der Waals surface area contributed by atoms with Crippen molar-refractivity contribution in [3.63, 3.8) is 0 Å². The summed E-state index contributed by atoms with van der Waals surface area (Å²) in [6, 6.07) is 0. The van der Waals surface area contributed by atoms with Crippen molar-refractivity contribution in [2.45, 2.75) is 40.5 Å². The van der Waals surface area contributed by atoms with Gasteiger partial charge in [0.25, 0.3) is 0 Å². The minimum atomic E-state index is 0.347. The Morgan fingerprint density at radius 2 is 1.07 bits per heavy atom. The average molecular weight is 194 g/mol. The van der Waals surface area contributed by atoms with Crippen molar-refractivity contribution in [3.8, 4) is 11.5 Å². The van der Waals surface area contributed by atoms with Gasteiger partial charge in [0.05, 0.1) is 0 Å². The summed E-state index contributed by atoms with van der Waals surface area (Å²) in [6.07, 6.45) is 1.51. The van der Waals surface area contributed by atoms with Gasteiger partial charge in [-0.1, -0.05) is 13.8 Å². The fourth-order valence-corrected chi connectivity index (χ4v) is 1.86. The molecular weight excluding hydrogens is 176 g/mol. The third-order valence-electron chi connectivity index (χ3n) is 2.92. The summed E-state index contributed by atoms with van der Waals surface area (Å²) in [5.74, 6) is 0.694. The summed E-state index contributed by atoms with van der Waals surface area (Å²) in [4.78, 5) is 0. The van der Waals surface area contributed by atoms with Crippen LogP contribution in [0.5, 0.6) is 11.5 Å². The summed E-state index contributed by atoms with van der Waals surface area (Å²) in [5.41, 5.74) is 3.34. The second-order valence-electron chi connectivity index (χ2n) is 3.61. The second-order valence-corrected chi connectivity index (χ2v) is 3.61. The van der Waals surface area contributed by atoms with Gasteiger partial charge in [-0.2, -0.15) is 0 Å². The lowest BCUT2D eigenvalue weighted by molar-refractivity contribution is 0.442.